The van der Waals surface area contributed by atoms with E-state index in [0.717, 1.165) is 37.7 Å². The van der Waals surface area contributed by atoms with Gasteiger partial charge in [0.2, 0.25) is 0 Å². The molecule has 0 amide bonds. The Labute approximate surface area is 121 Å². The van der Waals surface area contributed by atoms with Gasteiger partial charge in [-0.2, -0.15) is 4.89 Å². The summed E-state index contributed by atoms with van der Waals surface area (Å²) in [6.45, 7) is 4.14. The number of hydrogen-bond donors (Lipinski definition) is 2. The highest BCUT2D eigenvalue weighted by atomic mass is 31.1. The van der Waals surface area contributed by atoms with Crippen LogP contribution in [0.1, 0.15) is 52.4 Å². The van der Waals surface area contributed by atoms with Gasteiger partial charge in [-0.15, -0.1) is 0 Å². The fraction of sp³-hybridized carbons (Fsp3) is 0.800. The fourth-order valence-corrected chi connectivity index (χ4v) is 4.22. The van der Waals surface area contributed by atoms with Gasteiger partial charge in [-0.1, -0.05) is 33.1 Å². The van der Waals surface area contributed by atoms with Gasteiger partial charge < -0.3 is 5.11 Å². The Kier molecular flexibility index (Phi) is 4.66. The molecule has 20 heavy (non-hydrogen) atoms. The number of aliphatic carboxylic acids is 1. The summed E-state index contributed by atoms with van der Waals surface area (Å²) < 4.78 is 11.3. The lowest BCUT2D eigenvalue weighted by Crippen LogP contribution is -2.19. The molecule has 0 saturated heterocycles. The highest BCUT2D eigenvalue weighted by Gasteiger charge is 2.51. The number of hydrogen-bond acceptors (Lipinski definition) is 2. The third kappa shape index (κ3) is 3.48. The average Bonchev–Trinajstić information content (AvgIpc) is 2.97. The van der Waals surface area contributed by atoms with Gasteiger partial charge in [0.25, 0.3) is 0 Å². The van der Waals surface area contributed by atoms with Crippen molar-refractivity contribution in [3.8, 4) is 0 Å². The number of allylic oxidation sites excluding steroid dienone is 1. The predicted molar refractivity (Wildman–Crippen MR) is 77.8 cm³/mol. The van der Waals surface area contributed by atoms with Gasteiger partial charge in [0.1, 0.15) is 0 Å². The first kappa shape index (κ1) is 15.7. The van der Waals surface area contributed by atoms with Crippen LogP contribution in [0.5, 0.6) is 0 Å². The first-order valence-electron chi connectivity index (χ1n) is 7.42. The fourth-order valence-electron chi connectivity index (χ4n) is 3.50. The molecule has 2 saturated carbocycles. The summed E-state index contributed by atoms with van der Waals surface area (Å²) in [5, 5.41) is 9.60. The molecule has 5 heteroatoms. The van der Waals surface area contributed by atoms with E-state index in [1.807, 2.05) is 0 Å². The zero-order valence-corrected chi connectivity index (χ0v) is 13.2. The van der Waals surface area contributed by atoms with E-state index in [0.29, 0.717) is 5.57 Å². The van der Waals surface area contributed by atoms with Crippen molar-refractivity contribution >= 4 is 14.0 Å². The van der Waals surface area contributed by atoms with E-state index in [1.54, 1.807) is 0 Å². The maximum atomic E-state index is 11.7. The summed E-state index contributed by atoms with van der Waals surface area (Å²) in [4.78, 5) is 21.0. The van der Waals surface area contributed by atoms with E-state index >= 15 is 0 Å². The van der Waals surface area contributed by atoms with Gasteiger partial charge in [-0.05, 0) is 46.7 Å². The highest BCUT2D eigenvalue weighted by Crippen LogP contribution is 2.57. The molecule has 4 nitrogen and oxygen atoms in total. The Bertz CT molecular complexity index is 447. The molecule has 2 rings (SSSR count). The van der Waals surface area contributed by atoms with Crippen molar-refractivity contribution in [2.75, 3.05) is 6.16 Å². The van der Waals surface area contributed by atoms with Crippen LogP contribution in [0.25, 0.3) is 0 Å². The molecule has 2 aliphatic carbocycles. The van der Waals surface area contributed by atoms with Crippen molar-refractivity contribution in [1.29, 1.82) is 0 Å². The lowest BCUT2D eigenvalue weighted by Gasteiger charge is -2.24. The van der Waals surface area contributed by atoms with E-state index in [-0.39, 0.29) is 23.4 Å². The van der Waals surface area contributed by atoms with E-state index in [1.165, 1.54) is 6.42 Å². The van der Waals surface area contributed by atoms with Crippen LogP contribution in [0, 0.1) is 17.3 Å². The Morgan fingerprint density at radius 2 is 1.80 bits per heavy atom. The Hall–Kier alpha value is -0.730. The third-order valence-corrected chi connectivity index (χ3v) is 5.45. The van der Waals surface area contributed by atoms with Gasteiger partial charge in [0, 0.05) is 5.57 Å². The van der Waals surface area contributed by atoms with E-state index in [4.69, 9.17) is 0 Å². The van der Waals surface area contributed by atoms with Crippen LogP contribution in [0.3, 0.4) is 0 Å². The third-order valence-electron chi connectivity index (χ3n) is 4.84. The lowest BCUT2D eigenvalue weighted by molar-refractivity contribution is -0.133. The smallest absolute Gasteiger partial charge is 0.478 e. The second-order valence-electron chi connectivity index (χ2n) is 6.83. The molecular formula is C15H24O4P+. The average molecular weight is 299 g/mol. The number of carbonyl (C=O) groups is 1. The quantitative estimate of drug-likeness (QED) is 0.599. The first-order valence-corrected chi connectivity index (χ1v) is 8.82. The van der Waals surface area contributed by atoms with E-state index in [2.05, 4.69) is 13.8 Å². The number of rotatable bonds is 5. The summed E-state index contributed by atoms with van der Waals surface area (Å²) in [7, 11) is -2.32. The standard InChI is InChI=1S/C15H23O4P/c1-15(2)8-12(15)13(14(16)17)11(9-20(18)19)10-6-4-3-5-7-10/h10,12H,3-9H2,1-2H3,(H-,16,17,18,19)/p+1/b13-11+. The van der Waals surface area contributed by atoms with Crippen LogP contribution in [0.2, 0.25) is 0 Å². The molecule has 0 aliphatic heterocycles. The van der Waals surface area contributed by atoms with Gasteiger partial charge in [0.05, 0.1) is 0 Å². The maximum Gasteiger partial charge on any atom is 0.509 e. The summed E-state index contributed by atoms with van der Waals surface area (Å²) in [6, 6.07) is 0. The van der Waals surface area contributed by atoms with Crippen LogP contribution in [0.4, 0.5) is 0 Å². The normalized spacial score (nSPS) is 27.8. The molecular weight excluding hydrogens is 275 g/mol. The molecule has 2 N–H and O–H groups in total. The van der Waals surface area contributed by atoms with Crippen LogP contribution < -0.4 is 0 Å². The summed E-state index contributed by atoms with van der Waals surface area (Å²) >= 11 is 0. The summed E-state index contributed by atoms with van der Waals surface area (Å²) in [6.07, 6.45) is 6.20. The second-order valence-corrected chi connectivity index (χ2v) is 7.86. The van der Waals surface area contributed by atoms with Crippen molar-refractivity contribution in [2.24, 2.45) is 17.3 Å². The van der Waals surface area contributed by atoms with Gasteiger partial charge >= 0.3 is 14.0 Å². The number of carboxylic acid groups (broad SMARTS) is 1. The number of carboxylic acids is 1. The second kappa shape index (κ2) is 5.95. The molecule has 0 aromatic rings. The van der Waals surface area contributed by atoms with Gasteiger partial charge in [-0.25, -0.2) is 4.79 Å². The SMILES string of the molecule is CC1(C)CC1/C(C(=O)O)=C(/C[P+](=O)O)C1CCCCC1. The minimum Gasteiger partial charge on any atom is -0.478 e. The van der Waals surface area contributed by atoms with Crippen molar-refractivity contribution in [3.63, 3.8) is 0 Å². The maximum absolute atomic E-state index is 11.7. The van der Waals surface area contributed by atoms with E-state index in [9.17, 15) is 19.4 Å². The van der Waals surface area contributed by atoms with Gasteiger partial charge in [0.15, 0.2) is 6.16 Å². The van der Waals surface area contributed by atoms with Gasteiger partial charge in [-0.3, -0.25) is 0 Å². The van der Waals surface area contributed by atoms with Crippen molar-refractivity contribution in [3.05, 3.63) is 11.1 Å². The molecule has 0 radical (unpaired) electrons. The molecule has 0 heterocycles. The van der Waals surface area contributed by atoms with Crippen molar-refractivity contribution in [2.45, 2.75) is 52.4 Å². The zero-order chi connectivity index (χ0) is 14.9. The largest absolute Gasteiger partial charge is 0.509 e. The molecule has 0 aromatic carbocycles. The lowest BCUT2D eigenvalue weighted by atomic mass is 9.81. The van der Waals surface area contributed by atoms with E-state index < -0.39 is 14.0 Å². The van der Waals surface area contributed by atoms with Crippen molar-refractivity contribution < 1.29 is 19.4 Å². The molecule has 2 unspecified atom stereocenters. The van der Waals surface area contributed by atoms with Crippen LogP contribution in [0.15, 0.2) is 11.1 Å². The van der Waals surface area contributed by atoms with Crippen molar-refractivity contribution in [1.82, 2.24) is 0 Å². The van der Waals surface area contributed by atoms with Crippen LogP contribution in [-0.2, 0) is 9.36 Å². The Morgan fingerprint density at radius 1 is 1.25 bits per heavy atom. The Morgan fingerprint density at radius 3 is 2.20 bits per heavy atom. The minimum absolute atomic E-state index is 0.0226. The topological polar surface area (TPSA) is 74.6 Å². The molecule has 0 spiro atoms. The molecule has 112 valence electrons. The molecule has 0 bridgehead atoms. The predicted octanol–water partition coefficient (Wildman–Crippen LogP) is 3.73. The van der Waals surface area contributed by atoms with Crippen LogP contribution in [-0.4, -0.2) is 22.1 Å². The monoisotopic (exact) mass is 299 g/mol. The zero-order valence-electron chi connectivity index (χ0n) is 12.3. The first-order chi connectivity index (χ1) is 9.33. The summed E-state index contributed by atoms with van der Waals surface area (Å²) in [5.74, 6) is -0.651. The molecule has 2 aliphatic rings. The Balaban J connectivity index is 2.36. The summed E-state index contributed by atoms with van der Waals surface area (Å²) in [5.41, 5.74) is 1.23. The molecule has 0 aromatic heterocycles. The molecule has 2 atom stereocenters. The molecule has 2 fully saturated rings. The highest BCUT2D eigenvalue weighted by molar-refractivity contribution is 7.38. The minimum atomic E-state index is -2.32. The van der Waals surface area contributed by atoms with Crippen LogP contribution >= 0.6 is 8.03 Å².